The van der Waals surface area contributed by atoms with E-state index in [1.807, 2.05) is 5.38 Å². The van der Waals surface area contributed by atoms with Crippen molar-refractivity contribution in [3.63, 3.8) is 0 Å². The number of piperidine rings is 1. The van der Waals surface area contributed by atoms with Gasteiger partial charge in [0.2, 0.25) is 15.9 Å². The molecule has 3 rings (SSSR count). The van der Waals surface area contributed by atoms with Gasteiger partial charge in [0.05, 0.1) is 12.2 Å². The first-order valence-corrected chi connectivity index (χ1v) is 13.4. The fourth-order valence-corrected chi connectivity index (χ4v) is 6.77. The zero-order chi connectivity index (χ0) is 24.3. The Morgan fingerprint density at radius 1 is 1.30 bits per heavy atom. The Morgan fingerprint density at radius 3 is 2.52 bits per heavy atom. The van der Waals surface area contributed by atoms with Crippen LogP contribution in [0.4, 0.5) is 5.00 Å². The monoisotopic (exact) mass is 497 g/mol. The van der Waals surface area contributed by atoms with Crippen LogP contribution in [0.5, 0.6) is 0 Å². The highest BCUT2D eigenvalue weighted by Gasteiger charge is 2.36. The van der Waals surface area contributed by atoms with Gasteiger partial charge in [0.15, 0.2) is 5.76 Å². The van der Waals surface area contributed by atoms with Gasteiger partial charge in [0, 0.05) is 19.0 Å². The van der Waals surface area contributed by atoms with E-state index < -0.39 is 16.0 Å². The maximum Gasteiger partial charge on any atom is 0.341 e. The van der Waals surface area contributed by atoms with Crippen LogP contribution in [-0.2, 0) is 26.0 Å². The molecule has 0 spiro atoms. The average molecular weight is 498 g/mol. The summed E-state index contributed by atoms with van der Waals surface area (Å²) >= 11 is 1.31. The Labute approximate surface area is 198 Å². The van der Waals surface area contributed by atoms with Crippen molar-refractivity contribution < 1.29 is 27.3 Å². The fraction of sp³-hybridized carbons (Fsp3) is 0.591. The number of carbonyl (C=O) groups excluding carboxylic acids is 2. The topological polar surface area (TPSA) is 119 Å². The molecule has 0 radical (unpaired) electrons. The lowest BCUT2D eigenvalue weighted by molar-refractivity contribution is -0.120. The molecule has 1 amide bonds. The minimum Gasteiger partial charge on any atom is -0.462 e. The van der Waals surface area contributed by atoms with Crippen LogP contribution < -0.4 is 5.32 Å². The largest absolute Gasteiger partial charge is 0.462 e. The van der Waals surface area contributed by atoms with Crippen molar-refractivity contribution in [2.24, 2.45) is 11.8 Å². The maximum atomic E-state index is 13.0. The first-order valence-electron chi connectivity index (χ1n) is 11.1. The molecular weight excluding hydrogens is 466 g/mol. The minimum atomic E-state index is -3.73. The molecule has 0 saturated carbocycles. The summed E-state index contributed by atoms with van der Waals surface area (Å²) in [4.78, 5) is 25.6. The lowest BCUT2D eigenvalue weighted by atomic mass is 9.97. The van der Waals surface area contributed by atoms with Gasteiger partial charge in [-0.2, -0.15) is 4.31 Å². The molecule has 33 heavy (non-hydrogen) atoms. The molecule has 1 aliphatic heterocycles. The second kappa shape index (κ2) is 10.4. The molecule has 3 heterocycles. The number of sulfonamides is 1. The van der Waals surface area contributed by atoms with E-state index in [1.54, 1.807) is 20.8 Å². The Kier molecular flexibility index (Phi) is 7.96. The van der Waals surface area contributed by atoms with Crippen LogP contribution >= 0.6 is 11.3 Å². The van der Waals surface area contributed by atoms with E-state index in [1.165, 1.54) is 15.6 Å². The summed E-state index contributed by atoms with van der Waals surface area (Å²) in [6, 6.07) is 0. The molecule has 1 aliphatic rings. The SMILES string of the molecule is CCOC(=O)c1c(CC(C)C)csc1NC(=O)C1CCN(S(=O)(=O)c2c(C)noc2C)CC1. The van der Waals surface area contributed by atoms with E-state index in [9.17, 15) is 18.0 Å². The Hall–Kier alpha value is -2.24. The van der Waals surface area contributed by atoms with E-state index in [-0.39, 0.29) is 42.2 Å². The van der Waals surface area contributed by atoms with Gasteiger partial charge in [-0.25, -0.2) is 13.2 Å². The van der Waals surface area contributed by atoms with Crippen molar-refractivity contribution in [2.75, 3.05) is 25.0 Å². The van der Waals surface area contributed by atoms with Crippen LogP contribution in [0.15, 0.2) is 14.8 Å². The number of thiophene rings is 1. The van der Waals surface area contributed by atoms with Gasteiger partial charge in [-0.15, -0.1) is 11.3 Å². The van der Waals surface area contributed by atoms with E-state index in [2.05, 4.69) is 24.3 Å². The van der Waals surface area contributed by atoms with Gasteiger partial charge in [-0.3, -0.25) is 4.79 Å². The van der Waals surface area contributed by atoms with Crippen LogP contribution in [0.1, 0.15) is 61.0 Å². The van der Waals surface area contributed by atoms with Crippen LogP contribution in [-0.4, -0.2) is 49.5 Å². The summed E-state index contributed by atoms with van der Waals surface area (Å²) in [5.74, 6) is -0.404. The third-order valence-corrected chi connectivity index (χ3v) is 8.69. The zero-order valence-corrected chi connectivity index (χ0v) is 21.3. The summed E-state index contributed by atoms with van der Waals surface area (Å²) in [7, 11) is -3.73. The molecule has 1 N–H and O–H groups in total. The quantitative estimate of drug-likeness (QED) is 0.552. The second-order valence-electron chi connectivity index (χ2n) is 8.60. The molecule has 1 saturated heterocycles. The molecule has 11 heteroatoms. The Balaban J connectivity index is 1.70. The number of nitrogens with one attached hydrogen (secondary N) is 1. The normalized spacial score (nSPS) is 15.7. The van der Waals surface area contributed by atoms with E-state index in [0.717, 1.165) is 5.56 Å². The first kappa shape index (κ1) is 25.4. The highest BCUT2D eigenvalue weighted by molar-refractivity contribution is 7.89. The summed E-state index contributed by atoms with van der Waals surface area (Å²) < 4.78 is 37.6. The summed E-state index contributed by atoms with van der Waals surface area (Å²) in [6.07, 6.45) is 1.47. The summed E-state index contributed by atoms with van der Waals surface area (Å²) in [6.45, 7) is 9.74. The number of hydrogen-bond acceptors (Lipinski definition) is 8. The van der Waals surface area contributed by atoms with Crippen LogP contribution in [0.3, 0.4) is 0 Å². The number of rotatable bonds is 8. The van der Waals surface area contributed by atoms with E-state index in [4.69, 9.17) is 9.26 Å². The number of carbonyl (C=O) groups is 2. The van der Waals surface area contributed by atoms with E-state index in [0.29, 0.717) is 41.4 Å². The third kappa shape index (κ3) is 5.47. The molecule has 2 aromatic rings. The number of ether oxygens (including phenoxy) is 1. The Bertz CT molecular complexity index is 1090. The number of nitrogens with zero attached hydrogens (tertiary/aromatic N) is 2. The number of aryl methyl sites for hydroxylation is 2. The zero-order valence-electron chi connectivity index (χ0n) is 19.6. The van der Waals surface area contributed by atoms with Crippen LogP contribution in [0.25, 0.3) is 0 Å². The minimum absolute atomic E-state index is 0.0979. The second-order valence-corrected chi connectivity index (χ2v) is 11.4. The predicted octanol–water partition coefficient (Wildman–Crippen LogP) is 3.77. The van der Waals surface area contributed by atoms with Crippen molar-refractivity contribution in [3.8, 4) is 0 Å². The molecule has 0 aromatic carbocycles. The van der Waals surface area contributed by atoms with Gasteiger partial charge in [0.1, 0.15) is 15.6 Å². The van der Waals surface area contributed by atoms with Crippen molar-refractivity contribution >= 4 is 38.2 Å². The highest BCUT2D eigenvalue weighted by Crippen LogP contribution is 2.33. The third-order valence-electron chi connectivity index (χ3n) is 5.60. The van der Waals surface area contributed by atoms with Crippen molar-refractivity contribution in [1.29, 1.82) is 0 Å². The molecule has 2 aromatic heterocycles. The van der Waals surface area contributed by atoms with Crippen molar-refractivity contribution in [1.82, 2.24) is 9.46 Å². The molecule has 0 atom stereocenters. The average Bonchev–Trinajstić information content (AvgIpc) is 3.30. The summed E-state index contributed by atoms with van der Waals surface area (Å²) in [5, 5.41) is 9.01. The van der Waals surface area contributed by atoms with Crippen LogP contribution in [0, 0.1) is 25.7 Å². The Morgan fingerprint density at radius 2 is 1.97 bits per heavy atom. The lowest BCUT2D eigenvalue weighted by Gasteiger charge is -2.30. The molecule has 0 aliphatic carbocycles. The van der Waals surface area contributed by atoms with Gasteiger partial charge in [0.25, 0.3) is 0 Å². The standard InChI is InChI=1S/C22H31N3O6S2/c1-6-30-22(27)18-17(11-13(2)3)12-32-21(18)23-20(26)16-7-9-25(10-8-16)33(28,29)19-14(4)24-31-15(19)5/h12-13,16H,6-11H2,1-5H3,(H,23,26). The van der Waals surface area contributed by atoms with Crippen LogP contribution in [0.2, 0.25) is 0 Å². The number of aromatic nitrogens is 1. The predicted molar refractivity (Wildman–Crippen MR) is 125 cm³/mol. The lowest BCUT2D eigenvalue weighted by Crippen LogP contribution is -2.41. The fourth-order valence-electron chi connectivity index (χ4n) is 4.05. The number of anilines is 1. The summed E-state index contributed by atoms with van der Waals surface area (Å²) in [5.41, 5.74) is 1.61. The smallest absolute Gasteiger partial charge is 0.341 e. The molecule has 0 bridgehead atoms. The molecule has 1 fully saturated rings. The first-order chi connectivity index (χ1) is 15.6. The van der Waals surface area contributed by atoms with Crippen molar-refractivity contribution in [2.45, 2.75) is 58.8 Å². The van der Waals surface area contributed by atoms with Crippen molar-refractivity contribution in [3.05, 3.63) is 28.0 Å². The van der Waals surface area contributed by atoms with Gasteiger partial charge in [-0.05, 0) is 56.9 Å². The van der Waals surface area contributed by atoms with Gasteiger partial charge >= 0.3 is 5.97 Å². The van der Waals surface area contributed by atoms with E-state index >= 15 is 0 Å². The number of hydrogen-bond donors (Lipinski definition) is 1. The number of esters is 1. The maximum absolute atomic E-state index is 13.0. The number of amides is 1. The van der Waals surface area contributed by atoms with Gasteiger partial charge in [-0.1, -0.05) is 19.0 Å². The molecular formula is C22H31N3O6S2. The highest BCUT2D eigenvalue weighted by atomic mass is 32.2. The molecule has 0 unspecified atom stereocenters. The molecule has 182 valence electrons. The van der Waals surface area contributed by atoms with Gasteiger partial charge < -0.3 is 14.6 Å². The molecule has 9 nitrogen and oxygen atoms in total.